The number of phenols is 2. The van der Waals surface area contributed by atoms with E-state index in [-0.39, 0.29) is 29.6 Å². The van der Waals surface area contributed by atoms with Crippen LogP contribution in [0.25, 0.3) is 0 Å². The first-order chi connectivity index (χ1) is 5.46. The first-order valence-corrected chi connectivity index (χ1v) is 2.76. The number of phenolic OH excluding ortho intramolecular Hbond substituents is 2. The van der Waals surface area contributed by atoms with E-state index in [4.69, 9.17) is 10.2 Å². The number of hydrogen-bond acceptors (Lipinski definition) is 6. The van der Waals surface area contributed by atoms with E-state index in [1.165, 1.54) is 0 Å². The van der Waals surface area contributed by atoms with Gasteiger partial charge in [-0.25, -0.2) is 0 Å². The Labute approximate surface area is 92.1 Å². The van der Waals surface area contributed by atoms with E-state index in [0.29, 0.717) is 0 Å². The summed E-state index contributed by atoms with van der Waals surface area (Å²) in [6, 6.07) is 0. The summed E-state index contributed by atoms with van der Waals surface area (Å²) in [4.78, 5) is 41.9. The van der Waals surface area contributed by atoms with Crippen LogP contribution in [-0.4, -0.2) is 39.8 Å². The average Bonchev–Trinajstić information content (AvgIpc) is 2.08. The third-order valence-corrected chi connectivity index (χ3v) is 1.27. The first-order valence-electron chi connectivity index (χ1n) is 2.76. The number of aromatic hydroxyl groups is 2. The third kappa shape index (κ3) is 1.69. The molecular weight excluding hydrogens is 191 g/mol. The molecule has 1 aromatic rings. The van der Waals surface area contributed by atoms with Gasteiger partial charge in [-0.1, -0.05) is 0 Å². The van der Waals surface area contributed by atoms with Crippen molar-refractivity contribution in [1.29, 1.82) is 0 Å². The van der Waals surface area contributed by atoms with Crippen molar-refractivity contribution in [3.63, 3.8) is 0 Å². The molecule has 0 amide bonds. The molecule has 0 radical (unpaired) electrons. The van der Waals surface area contributed by atoms with Gasteiger partial charge in [0, 0.05) is 0 Å². The van der Waals surface area contributed by atoms with E-state index in [1.807, 2.05) is 0 Å². The molecule has 0 unspecified atom stereocenters. The fourth-order valence-electron chi connectivity index (χ4n) is 0.636. The molecule has 0 aliphatic rings. The molecule has 0 bridgehead atoms. The van der Waals surface area contributed by atoms with E-state index < -0.39 is 33.2 Å². The molecule has 0 spiro atoms. The molecule has 13 heavy (non-hydrogen) atoms. The Morgan fingerprint density at radius 3 is 1.08 bits per heavy atom. The summed E-state index contributed by atoms with van der Waals surface area (Å²) in [5.74, 6) is -2.74. The van der Waals surface area contributed by atoms with Gasteiger partial charge in [-0.3, -0.25) is 19.2 Å². The van der Waals surface area contributed by atoms with Gasteiger partial charge in [-0.2, -0.15) is 0 Å². The zero-order valence-corrected chi connectivity index (χ0v) is 5.53. The van der Waals surface area contributed by atoms with Crippen molar-refractivity contribution in [2.24, 2.45) is 0 Å². The Morgan fingerprint density at radius 2 is 0.846 bits per heavy atom. The second kappa shape index (κ2) is 3.82. The van der Waals surface area contributed by atoms with E-state index in [2.05, 4.69) is 0 Å². The van der Waals surface area contributed by atoms with Crippen LogP contribution in [0.2, 0.25) is 0 Å². The second-order valence-corrected chi connectivity index (χ2v) is 2.01. The molecule has 0 saturated carbocycles. The molecule has 0 atom stereocenters. The minimum absolute atomic E-state index is 0. The van der Waals surface area contributed by atoms with E-state index in [1.54, 1.807) is 0 Å². The van der Waals surface area contributed by atoms with E-state index in [9.17, 15) is 19.2 Å². The van der Waals surface area contributed by atoms with Crippen molar-refractivity contribution in [1.82, 2.24) is 0 Å². The van der Waals surface area contributed by atoms with Crippen LogP contribution in [0.5, 0.6) is 11.5 Å². The summed E-state index contributed by atoms with van der Waals surface area (Å²) in [6.07, 6.45) is 0. The van der Waals surface area contributed by atoms with Crippen LogP contribution in [-0.2, 0) is 0 Å². The standard InChI is InChI=1S/C6H2O6.Na.H/c7-1-2(8)4(10)6(12)5(11)3(1)9;;/h7-8H;;. The minimum atomic E-state index is -1.63. The van der Waals surface area contributed by atoms with Crippen LogP contribution >= 0.6 is 0 Å². The molecule has 0 saturated heterocycles. The molecule has 0 fully saturated rings. The molecular formula is C6H3NaO6. The Balaban J connectivity index is 0.00000144. The van der Waals surface area contributed by atoms with Crippen LogP contribution < -0.4 is 21.7 Å². The van der Waals surface area contributed by atoms with Gasteiger partial charge >= 0.3 is 29.6 Å². The molecule has 6 nitrogen and oxygen atoms in total. The predicted octanol–water partition coefficient (Wildman–Crippen LogP) is -3.23. The van der Waals surface area contributed by atoms with Crippen molar-refractivity contribution < 1.29 is 10.2 Å². The van der Waals surface area contributed by atoms with Gasteiger partial charge in [-0.15, -0.1) is 0 Å². The van der Waals surface area contributed by atoms with Crippen molar-refractivity contribution in [2.75, 3.05) is 0 Å². The van der Waals surface area contributed by atoms with Crippen molar-refractivity contribution in [2.45, 2.75) is 0 Å². The van der Waals surface area contributed by atoms with Gasteiger partial charge in [0.05, 0.1) is 0 Å². The predicted molar refractivity (Wildman–Crippen MR) is 44.4 cm³/mol. The van der Waals surface area contributed by atoms with Crippen LogP contribution in [0, 0.1) is 0 Å². The summed E-state index contributed by atoms with van der Waals surface area (Å²) in [5, 5.41) is 17.2. The van der Waals surface area contributed by atoms with Crippen LogP contribution in [0.4, 0.5) is 0 Å². The van der Waals surface area contributed by atoms with Gasteiger partial charge in [-0.05, 0) is 0 Å². The fourth-order valence-corrected chi connectivity index (χ4v) is 0.636. The third-order valence-electron chi connectivity index (χ3n) is 1.27. The van der Waals surface area contributed by atoms with Crippen molar-refractivity contribution >= 4 is 29.6 Å². The summed E-state index contributed by atoms with van der Waals surface area (Å²) in [6.45, 7) is 0. The molecule has 7 heteroatoms. The van der Waals surface area contributed by atoms with Gasteiger partial charge < -0.3 is 10.2 Å². The summed E-state index contributed by atoms with van der Waals surface area (Å²) in [7, 11) is 0. The average molecular weight is 194 g/mol. The first kappa shape index (κ1) is 12.0. The summed E-state index contributed by atoms with van der Waals surface area (Å²) in [5.41, 5.74) is -6.38. The molecule has 0 aliphatic heterocycles. The Hall–Kier alpha value is -0.980. The second-order valence-electron chi connectivity index (χ2n) is 2.01. The molecule has 0 aliphatic carbocycles. The molecule has 2 N–H and O–H groups in total. The fraction of sp³-hybridized carbons (Fsp3) is 0. The molecule has 0 aromatic heterocycles. The number of benzene rings is 1. The maximum absolute atomic E-state index is 10.5. The van der Waals surface area contributed by atoms with E-state index >= 15 is 0 Å². The Bertz CT molecular complexity index is 475. The summed E-state index contributed by atoms with van der Waals surface area (Å²) >= 11 is 0. The maximum atomic E-state index is 10.5. The van der Waals surface area contributed by atoms with Gasteiger partial charge in [0.1, 0.15) is 0 Å². The molecule has 1 rings (SSSR count). The monoisotopic (exact) mass is 194 g/mol. The van der Waals surface area contributed by atoms with Crippen molar-refractivity contribution in [3.8, 4) is 11.5 Å². The van der Waals surface area contributed by atoms with Gasteiger partial charge in [0.2, 0.25) is 11.5 Å². The van der Waals surface area contributed by atoms with Gasteiger partial charge in [0.15, 0.2) is 0 Å². The quantitative estimate of drug-likeness (QED) is 0.255. The normalized spacial score (nSPS) is 9.23. The van der Waals surface area contributed by atoms with Gasteiger partial charge in [0.25, 0.3) is 21.7 Å². The number of hydrogen-bond donors (Lipinski definition) is 2. The van der Waals surface area contributed by atoms with Crippen LogP contribution in [0.15, 0.2) is 19.2 Å². The Kier molecular flexibility index (Phi) is 3.53. The summed E-state index contributed by atoms with van der Waals surface area (Å²) < 4.78 is 0. The molecule has 64 valence electrons. The van der Waals surface area contributed by atoms with Crippen molar-refractivity contribution in [3.05, 3.63) is 40.9 Å². The van der Waals surface area contributed by atoms with Crippen LogP contribution in [0.1, 0.15) is 0 Å². The SMILES string of the molecule is O=c1c(O)c(O)c(=O)c(=O)c1=O.[NaH]. The molecule has 0 heterocycles. The van der Waals surface area contributed by atoms with Crippen LogP contribution in [0.3, 0.4) is 0 Å². The zero-order chi connectivity index (χ0) is 9.46. The topological polar surface area (TPSA) is 109 Å². The van der Waals surface area contributed by atoms with E-state index in [0.717, 1.165) is 0 Å². The molecule has 1 aromatic carbocycles. The zero-order valence-electron chi connectivity index (χ0n) is 5.53. The number of rotatable bonds is 0. The Morgan fingerprint density at radius 1 is 0.615 bits per heavy atom.